The fraction of sp³-hybridized carbons (Fsp3) is 0.864. The monoisotopic (exact) mass is 392 g/mol. The summed E-state index contributed by atoms with van der Waals surface area (Å²) in [5.41, 5.74) is 0.205. The number of hydrogen-bond acceptors (Lipinski definition) is 5. The molecule has 0 radical (unpaired) electrons. The highest BCUT2D eigenvalue weighted by Gasteiger charge is 2.57. The van der Waals surface area contributed by atoms with Gasteiger partial charge in [-0.2, -0.15) is 0 Å². The Morgan fingerprint density at radius 3 is 2.63 bits per heavy atom. The van der Waals surface area contributed by atoms with Gasteiger partial charge in [0.05, 0.1) is 28.5 Å². The van der Waals surface area contributed by atoms with Gasteiger partial charge >= 0.3 is 0 Å². The van der Waals surface area contributed by atoms with Crippen molar-refractivity contribution in [3.05, 3.63) is 12.2 Å². The predicted octanol–water partition coefficient (Wildman–Crippen LogP) is 4.14. The Hall–Kier alpha value is -0.580. The molecule has 0 amide bonds. The van der Waals surface area contributed by atoms with E-state index in [0.717, 1.165) is 38.5 Å². The highest BCUT2D eigenvalue weighted by atomic mass is 32.1. The molecule has 1 aliphatic heterocycles. The third kappa shape index (κ3) is 3.70. The topological polar surface area (TPSA) is 53.8 Å². The number of aliphatic imine (C=N–C) groups is 1. The molecule has 0 aromatic rings. The van der Waals surface area contributed by atoms with Crippen LogP contribution in [0.2, 0.25) is 0 Å². The minimum atomic E-state index is -0.846. The van der Waals surface area contributed by atoms with Crippen molar-refractivity contribution >= 4 is 17.4 Å². The van der Waals surface area contributed by atoms with Crippen molar-refractivity contribution in [1.29, 1.82) is 0 Å². The normalized spacial score (nSPS) is 45.3. The van der Waals surface area contributed by atoms with E-state index in [0.29, 0.717) is 11.8 Å². The van der Waals surface area contributed by atoms with Crippen LogP contribution in [0, 0.1) is 17.8 Å². The summed E-state index contributed by atoms with van der Waals surface area (Å²) in [6.07, 6.45) is 6.07. The molecular formula is C22H36N2O2S. The molecule has 2 saturated carbocycles. The van der Waals surface area contributed by atoms with Crippen LogP contribution in [0.5, 0.6) is 0 Å². The zero-order chi connectivity index (χ0) is 20.0. The van der Waals surface area contributed by atoms with Gasteiger partial charge in [-0.05, 0) is 103 Å². The van der Waals surface area contributed by atoms with Crippen molar-refractivity contribution in [2.75, 3.05) is 7.05 Å². The van der Waals surface area contributed by atoms with Crippen molar-refractivity contribution in [2.45, 2.75) is 95.1 Å². The lowest BCUT2D eigenvalue weighted by Gasteiger charge is -2.54. The summed E-state index contributed by atoms with van der Waals surface area (Å²) in [4.78, 5) is 4.50. The first-order valence-electron chi connectivity index (χ1n) is 10.4. The number of likely N-dealkylation sites (N-methyl/N-ethyl adjacent to an activating group) is 1. The molecule has 4 nitrogen and oxygen atoms in total. The predicted molar refractivity (Wildman–Crippen MR) is 113 cm³/mol. The average molecular weight is 393 g/mol. The quantitative estimate of drug-likeness (QED) is 0.429. The summed E-state index contributed by atoms with van der Waals surface area (Å²) in [6, 6.07) is -0.229. The molecular weight excluding hydrogens is 356 g/mol. The van der Waals surface area contributed by atoms with Gasteiger partial charge in [-0.1, -0.05) is 12.2 Å². The van der Waals surface area contributed by atoms with Crippen LogP contribution in [0.15, 0.2) is 17.1 Å². The van der Waals surface area contributed by atoms with Crippen molar-refractivity contribution in [3.8, 4) is 0 Å². The highest BCUT2D eigenvalue weighted by molar-refractivity contribution is 7.78. The second-order valence-corrected chi connectivity index (χ2v) is 10.2. The number of hydrogen-bond donors (Lipinski definition) is 2. The fourth-order valence-electron chi connectivity index (χ4n) is 5.91. The van der Waals surface area contributed by atoms with E-state index in [4.69, 9.17) is 17.0 Å². The van der Waals surface area contributed by atoms with Crippen molar-refractivity contribution in [3.63, 3.8) is 0 Å². The first kappa shape index (κ1) is 21.1. The van der Waals surface area contributed by atoms with Crippen LogP contribution in [-0.2, 0) is 4.74 Å². The number of rotatable bonds is 4. The van der Waals surface area contributed by atoms with Gasteiger partial charge in [-0.3, -0.25) is 0 Å². The maximum atomic E-state index is 11.1. The molecule has 2 N–H and O–H groups in total. The first-order chi connectivity index (χ1) is 12.6. The third-order valence-corrected chi connectivity index (χ3v) is 8.04. The van der Waals surface area contributed by atoms with Crippen molar-refractivity contribution < 1.29 is 9.84 Å². The molecule has 7 atom stereocenters. The molecule has 3 aliphatic rings. The van der Waals surface area contributed by atoms with Crippen LogP contribution in [0.25, 0.3) is 0 Å². The highest BCUT2D eigenvalue weighted by Crippen LogP contribution is 2.56. The summed E-state index contributed by atoms with van der Waals surface area (Å²) in [5.74, 6) is 0.944. The Kier molecular flexibility index (Phi) is 5.75. The zero-order valence-corrected chi connectivity index (χ0v) is 18.4. The van der Waals surface area contributed by atoms with E-state index in [1.165, 1.54) is 5.57 Å². The second-order valence-electron chi connectivity index (χ2n) is 9.98. The number of ether oxygens (including phenoxy) is 1. The Balaban J connectivity index is 1.94. The van der Waals surface area contributed by atoms with Gasteiger partial charge < -0.3 is 15.2 Å². The van der Waals surface area contributed by atoms with Gasteiger partial charge in [0.1, 0.15) is 0 Å². The molecule has 27 heavy (non-hydrogen) atoms. The van der Waals surface area contributed by atoms with E-state index in [9.17, 15) is 5.11 Å². The molecule has 3 rings (SSSR count). The number of fused-ring (bicyclic) bond motifs is 1. The Bertz CT molecular complexity index is 640. The molecule has 3 fully saturated rings. The molecule has 0 bridgehead atoms. The van der Waals surface area contributed by atoms with Gasteiger partial charge in [0.25, 0.3) is 0 Å². The lowest BCUT2D eigenvalue weighted by Crippen LogP contribution is -2.58. The number of allylic oxidation sites excluding steroid dienone is 1. The van der Waals surface area contributed by atoms with Crippen LogP contribution in [-0.4, -0.2) is 46.2 Å². The van der Waals surface area contributed by atoms with E-state index in [1.54, 1.807) is 0 Å². The summed E-state index contributed by atoms with van der Waals surface area (Å²) in [7, 11) is 2.00. The molecule has 2 aliphatic carbocycles. The van der Waals surface area contributed by atoms with E-state index >= 15 is 0 Å². The number of isothiocyanates is 1. The standard InChI is InChI=1S/C22H36N2O2S/c1-14-7-8-16(22(5)12-10-17(26-22)20(2,3)23-6)18-15(14)9-11-21(4,25)19(18)24-13-27/h15-19,23,25H,1,7-12H2,2-6H3. The fourth-order valence-corrected chi connectivity index (χ4v) is 6.03. The summed E-state index contributed by atoms with van der Waals surface area (Å²) in [6.45, 7) is 13.0. The molecule has 0 aromatic carbocycles. The van der Waals surface area contributed by atoms with Gasteiger partial charge in [0, 0.05) is 5.54 Å². The summed E-state index contributed by atoms with van der Waals surface area (Å²) in [5, 5.41) is 17.1. The molecule has 0 aromatic heterocycles. The van der Waals surface area contributed by atoms with Gasteiger partial charge in [0.2, 0.25) is 0 Å². The maximum absolute atomic E-state index is 11.1. The smallest absolute Gasteiger partial charge is 0.0924 e. The van der Waals surface area contributed by atoms with Crippen LogP contribution in [0.3, 0.4) is 0 Å². The largest absolute Gasteiger partial charge is 0.388 e. The molecule has 7 unspecified atom stereocenters. The number of thiocarbonyl (C=S) groups is 1. The molecule has 1 saturated heterocycles. The second kappa shape index (κ2) is 7.35. The van der Waals surface area contributed by atoms with E-state index < -0.39 is 5.60 Å². The number of nitrogens with zero attached hydrogens (tertiary/aromatic N) is 1. The Morgan fingerprint density at radius 2 is 2.00 bits per heavy atom. The number of aliphatic hydroxyl groups is 1. The summed E-state index contributed by atoms with van der Waals surface area (Å²) >= 11 is 4.95. The Morgan fingerprint density at radius 1 is 1.30 bits per heavy atom. The zero-order valence-electron chi connectivity index (χ0n) is 17.5. The van der Waals surface area contributed by atoms with Crippen LogP contribution in [0.4, 0.5) is 0 Å². The van der Waals surface area contributed by atoms with E-state index in [2.05, 4.69) is 42.8 Å². The van der Waals surface area contributed by atoms with Crippen molar-refractivity contribution in [1.82, 2.24) is 5.32 Å². The van der Waals surface area contributed by atoms with Crippen LogP contribution in [0.1, 0.15) is 66.2 Å². The number of nitrogens with one attached hydrogen (secondary N) is 1. The van der Waals surface area contributed by atoms with Gasteiger partial charge in [-0.15, -0.1) is 0 Å². The third-order valence-electron chi connectivity index (χ3n) is 7.93. The Labute approximate surface area is 169 Å². The molecule has 0 spiro atoms. The average Bonchev–Trinajstić information content (AvgIpc) is 3.01. The van der Waals surface area contributed by atoms with E-state index in [-0.39, 0.29) is 29.2 Å². The maximum Gasteiger partial charge on any atom is 0.0924 e. The minimum Gasteiger partial charge on any atom is -0.388 e. The van der Waals surface area contributed by atoms with Crippen molar-refractivity contribution in [2.24, 2.45) is 22.7 Å². The van der Waals surface area contributed by atoms with E-state index in [1.807, 2.05) is 14.0 Å². The van der Waals surface area contributed by atoms with Gasteiger partial charge in [0.15, 0.2) is 0 Å². The molecule has 5 heteroatoms. The van der Waals surface area contributed by atoms with Crippen LogP contribution >= 0.6 is 12.2 Å². The molecule has 152 valence electrons. The minimum absolute atomic E-state index is 0.0561. The van der Waals surface area contributed by atoms with Gasteiger partial charge in [-0.25, -0.2) is 4.99 Å². The van der Waals surface area contributed by atoms with Crippen LogP contribution < -0.4 is 5.32 Å². The molecule has 1 heterocycles. The lowest BCUT2D eigenvalue weighted by atomic mass is 9.55. The lowest BCUT2D eigenvalue weighted by molar-refractivity contribution is -0.139. The first-order valence-corrected chi connectivity index (χ1v) is 10.8. The summed E-state index contributed by atoms with van der Waals surface area (Å²) < 4.78 is 6.76. The SMILES string of the molecule is C=C1CCC(C2(C)CCC(C(C)(C)NC)O2)C2C1CCC(C)(O)C2N=C=S.